The molecule has 1 rings (SSSR count). The van der Waals surface area contributed by atoms with E-state index in [1.54, 1.807) is 6.07 Å². The van der Waals surface area contributed by atoms with Crippen LogP contribution in [0.25, 0.3) is 0 Å². The van der Waals surface area contributed by atoms with Crippen molar-refractivity contribution in [1.82, 2.24) is 5.32 Å². The fourth-order valence-corrected chi connectivity index (χ4v) is 1.90. The molecule has 0 aliphatic heterocycles. The zero-order valence-corrected chi connectivity index (χ0v) is 11.1. The lowest BCUT2D eigenvalue weighted by atomic mass is 9.81. The fraction of sp³-hybridized carbons (Fsp3) is 0.571. The molecule has 0 amide bonds. The predicted octanol–water partition coefficient (Wildman–Crippen LogP) is 3.11. The van der Waals surface area contributed by atoms with Gasteiger partial charge in [0.1, 0.15) is 0 Å². The first-order valence-electron chi connectivity index (χ1n) is 6.06. The summed E-state index contributed by atoms with van der Waals surface area (Å²) < 4.78 is 19.1. The zero-order valence-electron chi connectivity index (χ0n) is 11.1. The van der Waals surface area contributed by atoms with Gasteiger partial charge < -0.3 is 10.1 Å². The molecule has 0 saturated heterocycles. The summed E-state index contributed by atoms with van der Waals surface area (Å²) in [5.74, 6) is 0.0792. The molecule has 1 aromatic carbocycles. The number of halogens is 1. The summed E-state index contributed by atoms with van der Waals surface area (Å²) in [5, 5.41) is 3.27. The Kier molecular flexibility index (Phi) is 4.94. The average Bonchev–Trinajstić information content (AvgIpc) is 2.29. The highest BCUT2D eigenvalue weighted by atomic mass is 19.1. The lowest BCUT2D eigenvalue weighted by molar-refractivity contribution is 0.371. The number of ether oxygens (including phenoxy) is 1. The minimum atomic E-state index is -0.239. The van der Waals surface area contributed by atoms with Gasteiger partial charge >= 0.3 is 0 Å². The van der Waals surface area contributed by atoms with E-state index in [2.05, 4.69) is 26.1 Å². The second kappa shape index (κ2) is 6.01. The van der Waals surface area contributed by atoms with Crippen molar-refractivity contribution in [3.63, 3.8) is 0 Å². The van der Waals surface area contributed by atoms with Crippen LogP contribution in [0, 0.1) is 5.82 Å². The van der Waals surface area contributed by atoms with Crippen molar-refractivity contribution in [2.45, 2.75) is 32.6 Å². The van der Waals surface area contributed by atoms with E-state index in [9.17, 15) is 4.39 Å². The minimum absolute atomic E-state index is 0.194. The molecule has 0 aromatic heterocycles. The second-order valence-corrected chi connectivity index (χ2v) is 4.81. The molecule has 0 bridgehead atoms. The first-order valence-corrected chi connectivity index (χ1v) is 6.06. The summed E-state index contributed by atoms with van der Waals surface area (Å²) in [6.07, 6.45) is 0.894. The van der Waals surface area contributed by atoms with E-state index >= 15 is 0 Å². The van der Waals surface area contributed by atoms with E-state index in [-0.39, 0.29) is 11.2 Å². The lowest BCUT2D eigenvalue weighted by Crippen LogP contribution is -2.26. The van der Waals surface area contributed by atoms with Crippen LogP contribution in [0.4, 0.5) is 4.39 Å². The van der Waals surface area contributed by atoms with Gasteiger partial charge in [0.2, 0.25) is 0 Å². The molecule has 0 spiro atoms. The quantitative estimate of drug-likeness (QED) is 0.770. The Morgan fingerprint density at radius 1 is 1.35 bits per heavy atom. The number of hydrogen-bond acceptors (Lipinski definition) is 2. The van der Waals surface area contributed by atoms with Crippen LogP contribution in [0.1, 0.15) is 32.8 Å². The smallest absolute Gasteiger partial charge is 0.168 e. The summed E-state index contributed by atoms with van der Waals surface area (Å²) in [6.45, 7) is 8.01. The maximum absolute atomic E-state index is 14.1. The molecule has 96 valence electrons. The van der Waals surface area contributed by atoms with Crippen LogP contribution >= 0.6 is 0 Å². The van der Waals surface area contributed by atoms with Crippen molar-refractivity contribution in [2.75, 3.05) is 20.2 Å². The van der Waals surface area contributed by atoms with E-state index in [0.29, 0.717) is 5.75 Å². The van der Waals surface area contributed by atoms with Crippen molar-refractivity contribution >= 4 is 0 Å². The van der Waals surface area contributed by atoms with Crippen molar-refractivity contribution in [2.24, 2.45) is 0 Å². The molecule has 2 nitrogen and oxygen atoms in total. The third-order valence-corrected chi connectivity index (χ3v) is 3.09. The monoisotopic (exact) mass is 239 g/mol. The Bertz CT molecular complexity index is 363. The third kappa shape index (κ3) is 3.43. The number of methoxy groups -OCH3 is 1. The number of hydrogen-bond donors (Lipinski definition) is 1. The van der Waals surface area contributed by atoms with Gasteiger partial charge in [0, 0.05) is 0 Å². The Balaban J connectivity index is 2.89. The average molecular weight is 239 g/mol. The van der Waals surface area contributed by atoms with Gasteiger partial charge in [-0.25, -0.2) is 4.39 Å². The molecule has 1 aromatic rings. The fourth-order valence-electron chi connectivity index (χ4n) is 1.90. The lowest BCUT2D eigenvalue weighted by Gasteiger charge is -2.26. The van der Waals surface area contributed by atoms with Crippen LogP contribution in [0.5, 0.6) is 5.75 Å². The molecule has 0 radical (unpaired) electrons. The number of nitrogens with one attached hydrogen (secondary N) is 1. The van der Waals surface area contributed by atoms with Crippen LogP contribution in [0.15, 0.2) is 18.2 Å². The van der Waals surface area contributed by atoms with Crippen LogP contribution < -0.4 is 10.1 Å². The van der Waals surface area contributed by atoms with Gasteiger partial charge in [0.05, 0.1) is 7.11 Å². The molecule has 0 aliphatic rings. The Morgan fingerprint density at radius 2 is 2.06 bits per heavy atom. The maximum atomic E-state index is 14.1. The summed E-state index contributed by atoms with van der Waals surface area (Å²) in [5.41, 5.74) is 0.524. The van der Waals surface area contributed by atoms with Crippen LogP contribution in [0.3, 0.4) is 0 Å². The minimum Gasteiger partial charge on any atom is -0.494 e. The number of rotatable bonds is 6. The molecule has 0 saturated carbocycles. The van der Waals surface area contributed by atoms with Gasteiger partial charge in [-0.05, 0) is 36.6 Å². The van der Waals surface area contributed by atoms with Crippen LogP contribution in [-0.2, 0) is 5.41 Å². The third-order valence-electron chi connectivity index (χ3n) is 3.09. The molecule has 17 heavy (non-hydrogen) atoms. The first kappa shape index (κ1) is 14.0. The van der Waals surface area contributed by atoms with E-state index < -0.39 is 0 Å². The normalized spacial score (nSPS) is 11.6. The molecular weight excluding hydrogens is 217 g/mol. The van der Waals surface area contributed by atoms with E-state index in [0.717, 1.165) is 25.1 Å². The maximum Gasteiger partial charge on any atom is 0.168 e. The molecule has 0 fully saturated rings. The molecular formula is C14H22FNO. The second-order valence-electron chi connectivity index (χ2n) is 4.81. The van der Waals surface area contributed by atoms with E-state index in [4.69, 9.17) is 4.74 Å². The summed E-state index contributed by atoms with van der Waals surface area (Å²) in [7, 11) is 1.49. The molecule has 0 atom stereocenters. The van der Waals surface area contributed by atoms with Gasteiger partial charge in [-0.2, -0.15) is 0 Å². The van der Waals surface area contributed by atoms with Crippen LogP contribution in [-0.4, -0.2) is 20.2 Å². The first-order chi connectivity index (χ1) is 8.03. The summed E-state index contributed by atoms with van der Waals surface area (Å²) in [6, 6.07) is 5.33. The molecule has 0 aliphatic carbocycles. The van der Waals surface area contributed by atoms with E-state index in [1.807, 2.05) is 12.1 Å². The Morgan fingerprint density at radius 3 is 2.65 bits per heavy atom. The Labute approximate surface area is 103 Å². The summed E-state index contributed by atoms with van der Waals surface area (Å²) >= 11 is 0. The number of benzene rings is 1. The highest BCUT2D eigenvalue weighted by Crippen LogP contribution is 2.32. The van der Waals surface area contributed by atoms with Gasteiger partial charge in [0.25, 0.3) is 0 Å². The standard InChI is InChI=1S/C14H22FNO/c1-5-16-10-9-14(2,3)11-7-6-8-12(17-4)13(11)15/h6-8,16H,5,9-10H2,1-4H3. The van der Waals surface area contributed by atoms with Crippen molar-refractivity contribution in [3.05, 3.63) is 29.6 Å². The summed E-state index contributed by atoms with van der Waals surface area (Å²) in [4.78, 5) is 0. The van der Waals surface area contributed by atoms with Gasteiger partial charge in [-0.3, -0.25) is 0 Å². The molecule has 0 unspecified atom stereocenters. The van der Waals surface area contributed by atoms with Crippen molar-refractivity contribution < 1.29 is 9.13 Å². The highest BCUT2D eigenvalue weighted by Gasteiger charge is 2.25. The molecule has 0 heterocycles. The predicted molar refractivity (Wildman–Crippen MR) is 69.1 cm³/mol. The molecule has 1 N–H and O–H groups in total. The van der Waals surface area contributed by atoms with Crippen molar-refractivity contribution in [1.29, 1.82) is 0 Å². The topological polar surface area (TPSA) is 21.3 Å². The van der Waals surface area contributed by atoms with Crippen molar-refractivity contribution in [3.8, 4) is 5.75 Å². The SMILES string of the molecule is CCNCCC(C)(C)c1cccc(OC)c1F. The van der Waals surface area contributed by atoms with E-state index in [1.165, 1.54) is 7.11 Å². The van der Waals surface area contributed by atoms with Gasteiger partial charge in [-0.1, -0.05) is 32.9 Å². The molecule has 3 heteroatoms. The zero-order chi connectivity index (χ0) is 12.9. The largest absolute Gasteiger partial charge is 0.494 e. The Hall–Kier alpha value is -1.09. The van der Waals surface area contributed by atoms with Crippen LogP contribution in [0.2, 0.25) is 0 Å². The van der Waals surface area contributed by atoms with Gasteiger partial charge in [0.15, 0.2) is 11.6 Å². The van der Waals surface area contributed by atoms with Gasteiger partial charge in [-0.15, -0.1) is 0 Å². The highest BCUT2D eigenvalue weighted by molar-refractivity contribution is 5.35.